The molecule has 0 heterocycles. The van der Waals surface area contributed by atoms with Gasteiger partial charge >= 0.3 is 0 Å². The highest BCUT2D eigenvalue weighted by Gasteiger charge is 2.23. The molecule has 0 atom stereocenters. The van der Waals surface area contributed by atoms with Gasteiger partial charge in [-0.05, 0) is 38.0 Å². The zero-order valence-corrected chi connectivity index (χ0v) is 11.6. The molecule has 0 spiro atoms. The molecule has 0 amide bonds. The van der Waals surface area contributed by atoms with Crippen molar-refractivity contribution in [2.45, 2.75) is 57.4 Å². The molecule has 1 aliphatic carbocycles. The third kappa shape index (κ3) is 5.51. The van der Waals surface area contributed by atoms with E-state index in [1.165, 1.54) is 0 Å². The second kappa shape index (κ2) is 6.22. The molecule has 1 fully saturated rings. The van der Waals surface area contributed by atoms with Gasteiger partial charge in [0.2, 0.25) is 10.0 Å². The van der Waals surface area contributed by atoms with E-state index in [1.54, 1.807) is 0 Å². The molecule has 0 saturated heterocycles. The van der Waals surface area contributed by atoms with Crippen molar-refractivity contribution >= 4 is 21.6 Å². The Morgan fingerprint density at radius 3 is 2.31 bits per heavy atom. The van der Waals surface area contributed by atoms with Crippen molar-refractivity contribution in [2.24, 2.45) is 5.92 Å². The van der Waals surface area contributed by atoms with Crippen LogP contribution in [0.25, 0.3) is 0 Å². The lowest BCUT2D eigenvalue weighted by molar-refractivity contribution is 0.415. The van der Waals surface area contributed by atoms with Gasteiger partial charge in [-0.25, -0.2) is 13.1 Å². The van der Waals surface area contributed by atoms with E-state index < -0.39 is 10.0 Å². The van der Waals surface area contributed by atoms with Crippen LogP contribution in [-0.4, -0.2) is 25.6 Å². The van der Waals surface area contributed by atoms with Crippen molar-refractivity contribution < 1.29 is 8.42 Å². The maximum absolute atomic E-state index is 11.7. The van der Waals surface area contributed by atoms with Crippen LogP contribution in [0.4, 0.5) is 0 Å². The summed E-state index contributed by atoms with van der Waals surface area (Å²) in [5, 5.41) is 0.233. The summed E-state index contributed by atoms with van der Waals surface area (Å²) in [5.41, 5.74) is 0. The fourth-order valence-corrected chi connectivity index (χ4v) is 3.77. The maximum atomic E-state index is 11.7. The molecular formula is C11H22ClNO2S. The average Bonchev–Trinajstić information content (AvgIpc) is 2.19. The summed E-state index contributed by atoms with van der Waals surface area (Å²) in [4.78, 5) is 0. The van der Waals surface area contributed by atoms with Crippen molar-refractivity contribution in [1.29, 1.82) is 0 Å². The summed E-state index contributed by atoms with van der Waals surface area (Å²) >= 11 is 5.98. The molecule has 96 valence electrons. The largest absolute Gasteiger partial charge is 0.212 e. The summed E-state index contributed by atoms with van der Waals surface area (Å²) in [6.07, 6.45) is 4.29. The van der Waals surface area contributed by atoms with Crippen molar-refractivity contribution in [3.8, 4) is 0 Å². The predicted octanol–water partition coefficient (Wildman–Crippen LogP) is 2.50. The molecule has 1 aliphatic rings. The van der Waals surface area contributed by atoms with E-state index in [4.69, 9.17) is 11.6 Å². The van der Waals surface area contributed by atoms with Gasteiger partial charge in [0, 0.05) is 11.4 Å². The number of hydrogen-bond donors (Lipinski definition) is 1. The second-order valence-electron chi connectivity index (χ2n) is 5.07. The Balaban J connectivity index is 2.35. The van der Waals surface area contributed by atoms with Crippen LogP contribution in [0.15, 0.2) is 0 Å². The minimum atomic E-state index is -3.09. The number of alkyl halides is 1. The lowest BCUT2D eigenvalue weighted by Crippen LogP contribution is -2.39. The summed E-state index contributed by atoms with van der Waals surface area (Å²) in [6.45, 7) is 4.07. The highest BCUT2D eigenvalue weighted by atomic mass is 35.5. The smallest absolute Gasteiger partial charge is 0.211 e. The molecular weight excluding hydrogens is 246 g/mol. The number of halogens is 1. The Hall–Kier alpha value is 0.200. The van der Waals surface area contributed by atoms with Crippen LogP contribution in [0, 0.1) is 5.92 Å². The number of sulfonamides is 1. The van der Waals surface area contributed by atoms with E-state index in [2.05, 4.69) is 4.72 Å². The molecule has 0 bridgehead atoms. The Morgan fingerprint density at radius 1 is 1.25 bits per heavy atom. The van der Waals surface area contributed by atoms with Crippen molar-refractivity contribution in [3.63, 3.8) is 0 Å². The molecule has 0 aliphatic heterocycles. The number of hydrogen-bond acceptors (Lipinski definition) is 2. The first-order valence-corrected chi connectivity index (χ1v) is 8.12. The number of nitrogens with one attached hydrogen (secondary N) is 1. The van der Waals surface area contributed by atoms with Gasteiger partial charge in [0.05, 0.1) is 5.75 Å². The van der Waals surface area contributed by atoms with E-state index >= 15 is 0 Å². The van der Waals surface area contributed by atoms with E-state index in [9.17, 15) is 8.42 Å². The molecule has 0 aromatic carbocycles. The zero-order valence-electron chi connectivity index (χ0n) is 10.1. The first-order chi connectivity index (χ1) is 7.39. The first kappa shape index (κ1) is 14.3. The molecule has 0 aromatic rings. The standard InChI is InChI=1S/C11H22ClNO2S/c1-9(2)7-8-16(14,15)13-11-5-3-10(12)4-6-11/h9-11,13H,3-8H2,1-2H3. The highest BCUT2D eigenvalue weighted by molar-refractivity contribution is 7.89. The fraction of sp³-hybridized carbons (Fsp3) is 1.00. The van der Waals surface area contributed by atoms with Gasteiger partial charge in [0.25, 0.3) is 0 Å². The Kier molecular flexibility index (Phi) is 5.54. The van der Waals surface area contributed by atoms with Gasteiger partial charge in [0.1, 0.15) is 0 Å². The van der Waals surface area contributed by atoms with Crippen LogP contribution in [0.3, 0.4) is 0 Å². The summed E-state index contributed by atoms with van der Waals surface area (Å²) in [5.74, 6) is 0.668. The maximum Gasteiger partial charge on any atom is 0.211 e. The minimum Gasteiger partial charge on any atom is -0.212 e. The topological polar surface area (TPSA) is 46.2 Å². The quantitative estimate of drug-likeness (QED) is 0.778. The van der Waals surface area contributed by atoms with Gasteiger partial charge in [0.15, 0.2) is 0 Å². The van der Waals surface area contributed by atoms with Crippen molar-refractivity contribution in [3.05, 3.63) is 0 Å². The molecule has 16 heavy (non-hydrogen) atoms. The molecule has 3 nitrogen and oxygen atoms in total. The van der Waals surface area contributed by atoms with E-state index in [-0.39, 0.29) is 17.2 Å². The molecule has 5 heteroatoms. The van der Waals surface area contributed by atoms with Gasteiger partial charge in [-0.1, -0.05) is 13.8 Å². The van der Waals surface area contributed by atoms with Gasteiger partial charge in [-0.2, -0.15) is 0 Å². The monoisotopic (exact) mass is 267 g/mol. The number of rotatable bonds is 5. The van der Waals surface area contributed by atoms with Crippen LogP contribution in [0.5, 0.6) is 0 Å². The fourth-order valence-electron chi connectivity index (χ4n) is 1.87. The molecule has 0 aromatic heterocycles. The van der Waals surface area contributed by atoms with Crippen LogP contribution >= 0.6 is 11.6 Å². The van der Waals surface area contributed by atoms with Crippen molar-refractivity contribution in [1.82, 2.24) is 4.72 Å². The highest BCUT2D eigenvalue weighted by Crippen LogP contribution is 2.23. The van der Waals surface area contributed by atoms with Crippen LogP contribution in [0.2, 0.25) is 0 Å². The molecule has 1 rings (SSSR count). The Labute approximate surface area is 104 Å². The lowest BCUT2D eigenvalue weighted by atomic mass is 9.96. The average molecular weight is 268 g/mol. The van der Waals surface area contributed by atoms with Gasteiger partial charge in [-0.3, -0.25) is 0 Å². The van der Waals surface area contributed by atoms with E-state index in [0.717, 1.165) is 32.1 Å². The second-order valence-corrected chi connectivity index (χ2v) is 7.56. The third-order valence-electron chi connectivity index (χ3n) is 2.97. The molecule has 1 saturated carbocycles. The summed E-state index contributed by atoms with van der Waals surface area (Å²) in [7, 11) is -3.09. The summed E-state index contributed by atoms with van der Waals surface area (Å²) in [6, 6.07) is 0.104. The Morgan fingerprint density at radius 2 is 1.81 bits per heavy atom. The zero-order chi connectivity index (χ0) is 12.2. The first-order valence-electron chi connectivity index (χ1n) is 6.03. The van der Waals surface area contributed by atoms with Gasteiger partial charge < -0.3 is 0 Å². The van der Waals surface area contributed by atoms with E-state index in [1.807, 2.05) is 13.8 Å². The van der Waals surface area contributed by atoms with E-state index in [0.29, 0.717) is 5.92 Å². The van der Waals surface area contributed by atoms with Crippen molar-refractivity contribution in [2.75, 3.05) is 5.75 Å². The SMILES string of the molecule is CC(C)CCS(=O)(=O)NC1CCC(Cl)CC1. The van der Waals surface area contributed by atoms with Crippen LogP contribution < -0.4 is 4.72 Å². The molecule has 0 unspecified atom stereocenters. The normalized spacial score (nSPS) is 27.2. The van der Waals surface area contributed by atoms with Gasteiger partial charge in [-0.15, -0.1) is 11.6 Å². The molecule has 1 N–H and O–H groups in total. The summed E-state index contributed by atoms with van der Waals surface area (Å²) < 4.78 is 26.3. The lowest BCUT2D eigenvalue weighted by Gasteiger charge is -2.25. The van der Waals surface area contributed by atoms with Crippen LogP contribution in [0.1, 0.15) is 46.0 Å². The minimum absolute atomic E-state index is 0.104. The Bertz CT molecular complexity index is 295. The predicted molar refractivity (Wildman–Crippen MR) is 68.3 cm³/mol. The third-order valence-corrected chi connectivity index (χ3v) is 4.87. The van der Waals surface area contributed by atoms with Crippen LogP contribution in [-0.2, 0) is 10.0 Å². The molecule has 0 radical (unpaired) electrons.